The average Bonchev–Trinajstić information content (AvgIpc) is 3.17. The van der Waals surface area contributed by atoms with Gasteiger partial charge in [-0.2, -0.15) is 0 Å². The molecule has 144 valence electrons. The van der Waals surface area contributed by atoms with E-state index >= 15 is 0 Å². The number of pyridine rings is 1. The number of nitrogens with one attached hydrogen (secondary N) is 2. The van der Waals surface area contributed by atoms with Gasteiger partial charge in [0.05, 0.1) is 17.0 Å². The molecule has 1 aromatic carbocycles. The van der Waals surface area contributed by atoms with Crippen molar-refractivity contribution in [2.24, 2.45) is 0 Å². The Morgan fingerprint density at radius 2 is 2.07 bits per heavy atom. The van der Waals surface area contributed by atoms with E-state index < -0.39 is 0 Å². The second-order valence-electron chi connectivity index (χ2n) is 5.65. The number of hydrogen-bond donors (Lipinski definition) is 2. The molecule has 0 spiro atoms. The van der Waals surface area contributed by atoms with E-state index in [2.05, 4.69) is 25.8 Å². The number of carbonyl (C=O) groups excluding carboxylic acids is 2. The molecule has 3 aromatic rings. The topological polar surface area (TPSA) is 110 Å². The minimum Gasteiger partial charge on any atom is -0.410 e. The van der Waals surface area contributed by atoms with Gasteiger partial charge in [-0.25, -0.2) is 0 Å². The first-order chi connectivity index (χ1) is 13.5. The van der Waals surface area contributed by atoms with Gasteiger partial charge in [-0.05, 0) is 36.8 Å². The van der Waals surface area contributed by atoms with Crippen molar-refractivity contribution in [1.82, 2.24) is 20.5 Å². The third kappa shape index (κ3) is 4.68. The SMILES string of the molecule is CNC(=O)c1cc(Cl)cc(C)c1NC(=O)CSc1nnc(-c2ccccn2)o1. The zero-order valence-corrected chi connectivity index (χ0v) is 16.6. The smallest absolute Gasteiger partial charge is 0.277 e. The summed E-state index contributed by atoms with van der Waals surface area (Å²) in [7, 11) is 1.51. The molecule has 3 rings (SSSR count). The summed E-state index contributed by atoms with van der Waals surface area (Å²) in [6, 6.07) is 8.52. The third-order valence-electron chi connectivity index (χ3n) is 3.65. The Kier molecular flexibility index (Phi) is 6.27. The maximum absolute atomic E-state index is 12.4. The molecule has 0 bridgehead atoms. The number of benzene rings is 1. The first kappa shape index (κ1) is 19.8. The van der Waals surface area contributed by atoms with Crippen molar-refractivity contribution >= 4 is 40.9 Å². The van der Waals surface area contributed by atoms with Crippen molar-refractivity contribution in [3.05, 3.63) is 52.7 Å². The molecule has 2 N–H and O–H groups in total. The van der Waals surface area contributed by atoms with Crippen LogP contribution in [0.2, 0.25) is 5.02 Å². The van der Waals surface area contributed by atoms with Crippen LogP contribution in [0.3, 0.4) is 0 Å². The summed E-state index contributed by atoms with van der Waals surface area (Å²) < 4.78 is 5.51. The Morgan fingerprint density at radius 3 is 2.79 bits per heavy atom. The lowest BCUT2D eigenvalue weighted by Crippen LogP contribution is -2.23. The van der Waals surface area contributed by atoms with Gasteiger partial charge in [-0.1, -0.05) is 29.4 Å². The van der Waals surface area contributed by atoms with Gasteiger partial charge >= 0.3 is 0 Å². The van der Waals surface area contributed by atoms with Crippen LogP contribution < -0.4 is 10.6 Å². The molecular weight excluding hydrogens is 402 g/mol. The van der Waals surface area contributed by atoms with Crippen LogP contribution in [0, 0.1) is 6.92 Å². The number of hydrogen-bond acceptors (Lipinski definition) is 7. The highest BCUT2D eigenvalue weighted by Gasteiger charge is 2.17. The summed E-state index contributed by atoms with van der Waals surface area (Å²) in [4.78, 5) is 28.6. The number of amides is 2. The lowest BCUT2D eigenvalue weighted by Gasteiger charge is -2.13. The summed E-state index contributed by atoms with van der Waals surface area (Å²) in [6.07, 6.45) is 1.62. The van der Waals surface area contributed by atoms with Crippen LogP contribution in [-0.4, -0.2) is 39.8 Å². The normalized spacial score (nSPS) is 10.5. The number of halogens is 1. The van der Waals surface area contributed by atoms with E-state index in [0.29, 0.717) is 27.5 Å². The fourth-order valence-corrected chi connectivity index (χ4v) is 3.22. The lowest BCUT2D eigenvalue weighted by molar-refractivity contribution is -0.113. The summed E-state index contributed by atoms with van der Waals surface area (Å²) in [5, 5.41) is 13.8. The van der Waals surface area contributed by atoms with Gasteiger partial charge in [0, 0.05) is 18.3 Å². The molecule has 2 heterocycles. The van der Waals surface area contributed by atoms with Crippen molar-refractivity contribution in [1.29, 1.82) is 0 Å². The summed E-state index contributed by atoms with van der Waals surface area (Å²) >= 11 is 7.11. The molecule has 2 aromatic heterocycles. The zero-order chi connectivity index (χ0) is 20.1. The molecule has 2 amide bonds. The summed E-state index contributed by atoms with van der Waals surface area (Å²) in [6.45, 7) is 1.76. The molecule has 0 aliphatic heterocycles. The molecular formula is C18H16ClN5O3S. The fourth-order valence-electron chi connectivity index (χ4n) is 2.39. The van der Waals surface area contributed by atoms with Gasteiger partial charge in [0.2, 0.25) is 5.91 Å². The van der Waals surface area contributed by atoms with Gasteiger partial charge < -0.3 is 15.1 Å². The highest BCUT2D eigenvalue weighted by molar-refractivity contribution is 7.99. The van der Waals surface area contributed by atoms with Crippen molar-refractivity contribution in [3.63, 3.8) is 0 Å². The maximum Gasteiger partial charge on any atom is 0.277 e. The van der Waals surface area contributed by atoms with Gasteiger partial charge in [0.1, 0.15) is 5.69 Å². The Balaban J connectivity index is 1.67. The van der Waals surface area contributed by atoms with E-state index in [1.807, 2.05) is 6.07 Å². The van der Waals surface area contributed by atoms with Gasteiger partial charge in [-0.3, -0.25) is 14.6 Å². The van der Waals surface area contributed by atoms with Crippen LogP contribution in [0.1, 0.15) is 15.9 Å². The van der Waals surface area contributed by atoms with Crippen molar-refractivity contribution in [2.75, 3.05) is 18.1 Å². The summed E-state index contributed by atoms with van der Waals surface area (Å²) in [5.41, 5.74) is 1.94. The van der Waals surface area contributed by atoms with Crippen LogP contribution >= 0.6 is 23.4 Å². The van der Waals surface area contributed by atoms with Crippen LogP contribution in [0.4, 0.5) is 5.69 Å². The molecule has 0 aliphatic carbocycles. The fraction of sp³-hybridized carbons (Fsp3) is 0.167. The zero-order valence-electron chi connectivity index (χ0n) is 15.0. The number of anilines is 1. The van der Waals surface area contributed by atoms with Crippen molar-refractivity contribution in [2.45, 2.75) is 12.1 Å². The van der Waals surface area contributed by atoms with E-state index in [-0.39, 0.29) is 28.7 Å². The Hall–Kier alpha value is -2.91. The van der Waals surface area contributed by atoms with Crippen LogP contribution in [-0.2, 0) is 4.79 Å². The maximum atomic E-state index is 12.4. The van der Waals surface area contributed by atoms with E-state index in [4.69, 9.17) is 16.0 Å². The molecule has 0 atom stereocenters. The quantitative estimate of drug-likeness (QED) is 0.592. The van der Waals surface area contributed by atoms with Crippen LogP contribution in [0.25, 0.3) is 11.6 Å². The van der Waals surface area contributed by atoms with E-state index in [1.165, 1.54) is 13.1 Å². The minimum absolute atomic E-state index is 0.0269. The van der Waals surface area contributed by atoms with E-state index in [0.717, 1.165) is 11.8 Å². The Labute approximate surface area is 170 Å². The molecule has 10 heteroatoms. The highest BCUT2D eigenvalue weighted by atomic mass is 35.5. The Morgan fingerprint density at radius 1 is 1.25 bits per heavy atom. The molecule has 28 heavy (non-hydrogen) atoms. The standard InChI is InChI=1S/C18H16ClN5O3S/c1-10-7-11(19)8-12(16(26)20-2)15(10)22-14(25)9-28-18-24-23-17(27-18)13-5-3-4-6-21-13/h3-8H,9H2,1-2H3,(H,20,26)(H,22,25). The number of aryl methyl sites for hydroxylation is 1. The number of nitrogens with zero attached hydrogens (tertiary/aromatic N) is 3. The predicted molar refractivity (Wildman–Crippen MR) is 106 cm³/mol. The molecule has 0 saturated carbocycles. The molecule has 0 saturated heterocycles. The van der Waals surface area contributed by atoms with Crippen molar-refractivity contribution < 1.29 is 14.0 Å². The third-order valence-corrected chi connectivity index (χ3v) is 4.69. The second-order valence-corrected chi connectivity index (χ2v) is 7.01. The molecule has 0 aliphatic rings. The number of rotatable bonds is 6. The Bertz CT molecular complexity index is 1010. The minimum atomic E-state index is -0.342. The van der Waals surface area contributed by atoms with Crippen LogP contribution in [0.5, 0.6) is 0 Å². The molecule has 0 unspecified atom stereocenters. The van der Waals surface area contributed by atoms with E-state index in [1.54, 1.807) is 31.3 Å². The average molecular weight is 418 g/mol. The lowest BCUT2D eigenvalue weighted by atomic mass is 10.1. The number of carbonyl (C=O) groups is 2. The second kappa shape index (κ2) is 8.85. The summed E-state index contributed by atoms with van der Waals surface area (Å²) in [5.74, 6) is -0.360. The monoisotopic (exact) mass is 417 g/mol. The molecule has 0 fully saturated rings. The number of aromatic nitrogens is 3. The first-order valence-corrected chi connectivity index (χ1v) is 9.54. The number of thioether (sulfide) groups is 1. The van der Waals surface area contributed by atoms with Crippen LogP contribution in [0.15, 0.2) is 46.2 Å². The molecule has 0 radical (unpaired) electrons. The molecule has 8 nitrogen and oxygen atoms in total. The first-order valence-electron chi connectivity index (χ1n) is 8.17. The van der Waals surface area contributed by atoms with E-state index in [9.17, 15) is 9.59 Å². The van der Waals surface area contributed by atoms with Crippen molar-refractivity contribution in [3.8, 4) is 11.6 Å². The highest BCUT2D eigenvalue weighted by Crippen LogP contribution is 2.27. The largest absolute Gasteiger partial charge is 0.410 e. The van der Waals surface area contributed by atoms with Gasteiger partial charge in [-0.15, -0.1) is 10.2 Å². The predicted octanol–water partition coefficient (Wildman–Crippen LogP) is 3.18. The van der Waals surface area contributed by atoms with Gasteiger partial charge in [0.25, 0.3) is 17.0 Å². The van der Waals surface area contributed by atoms with Gasteiger partial charge in [0.15, 0.2) is 0 Å².